The molecule has 23 heavy (non-hydrogen) atoms. The molecule has 3 amide bonds. The molecule has 0 saturated heterocycles. The highest BCUT2D eigenvalue weighted by Gasteiger charge is 2.17. The van der Waals surface area contributed by atoms with Gasteiger partial charge in [-0.05, 0) is 31.3 Å². The van der Waals surface area contributed by atoms with E-state index < -0.39 is 18.1 Å². The first-order valence-corrected chi connectivity index (χ1v) is 7.13. The first-order valence-electron chi connectivity index (χ1n) is 7.13. The Morgan fingerprint density at radius 2 is 2.00 bits per heavy atom. The molecular weight excluding hydrogens is 296 g/mol. The zero-order valence-electron chi connectivity index (χ0n) is 13.5. The van der Waals surface area contributed by atoms with Crippen LogP contribution in [-0.2, 0) is 4.79 Å². The normalized spacial score (nSPS) is 12.1. The molecule has 0 bridgehead atoms. The molecule has 0 radical (unpaired) electrons. The predicted molar refractivity (Wildman–Crippen MR) is 93.5 cm³/mol. The molecule has 1 aromatic rings. The lowest BCUT2D eigenvalue weighted by Gasteiger charge is -2.14. The van der Waals surface area contributed by atoms with Crippen molar-refractivity contribution >= 4 is 35.7 Å². The van der Waals surface area contributed by atoms with Gasteiger partial charge in [0.25, 0.3) is 5.91 Å². The lowest BCUT2D eigenvalue weighted by Crippen LogP contribution is -2.46. The Bertz CT molecular complexity index is 585. The molecule has 124 valence electrons. The van der Waals surface area contributed by atoms with Gasteiger partial charge < -0.3 is 21.3 Å². The number of aliphatic imine (C=N–C) groups is 2. The zero-order chi connectivity index (χ0) is 17.1. The number of hydrogen-bond acceptors (Lipinski definition) is 5. The molecule has 0 aromatic heterocycles. The molecule has 0 heterocycles. The molecule has 4 N–H and O–H groups in total. The monoisotopic (exact) mass is 318 g/mol. The Hall–Kier alpha value is -2.90. The Balaban J connectivity index is 2.68. The largest absolute Gasteiger partial charge is 0.388 e. The molecule has 0 aliphatic rings. The maximum atomic E-state index is 12.0. The van der Waals surface area contributed by atoms with Gasteiger partial charge in [-0.3, -0.25) is 14.8 Å². The molecule has 8 heteroatoms. The second-order valence-electron chi connectivity index (χ2n) is 4.40. The molecule has 0 unspecified atom stereocenters. The minimum Gasteiger partial charge on any atom is -0.388 e. The number of carbonyl (C=O) groups is 2. The van der Waals surface area contributed by atoms with Crippen LogP contribution >= 0.6 is 0 Å². The first kappa shape index (κ1) is 18.1. The fourth-order valence-electron chi connectivity index (χ4n) is 1.66. The molecule has 1 aromatic carbocycles. The molecule has 8 nitrogen and oxygen atoms in total. The van der Waals surface area contributed by atoms with Crippen LogP contribution in [0.2, 0.25) is 0 Å². The maximum Gasteiger partial charge on any atom is 0.321 e. The van der Waals surface area contributed by atoms with E-state index in [1.165, 1.54) is 13.3 Å². The third-order valence-corrected chi connectivity index (χ3v) is 2.80. The van der Waals surface area contributed by atoms with Gasteiger partial charge in [-0.25, -0.2) is 4.79 Å². The standard InChI is InChI=1S/C15H22N6O2/c1-4-18-8-9-19-13(14(22)17-3)21-15(23)20-12-7-5-6-11(10-12)16-2/h4-7,9-10,13,16H,8H2,1-3H3,(H,17,22)(H2,20,21,23)/b18-4?,19-9+/t13-/m0/s1. The van der Waals surface area contributed by atoms with E-state index in [2.05, 4.69) is 31.3 Å². The number of hydrogen-bond donors (Lipinski definition) is 4. The van der Waals surface area contributed by atoms with Crippen molar-refractivity contribution in [1.29, 1.82) is 0 Å². The third-order valence-electron chi connectivity index (χ3n) is 2.80. The van der Waals surface area contributed by atoms with Gasteiger partial charge in [0, 0.05) is 31.7 Å². The van der Waals surface area contributed by atoms with Gasteiger partial charge >= 0.3 is 6.03 Å². The lowest BCUT2D eigenvalue weighted by atomic mass is 10.3. The van der Waals surface area contributed by atoms with Crippen molar-refractivity contribution in [1.82, 2.24) is 10.6 Å². The van der Waals surface area contributed by atoms with E-state index in [0.29, 0.717) is 12.2 Å². The summed E-state index contributed by atoms with van der Waals surface area (Å²) in [5, 5.41) is 10.6. The number of carbonyl (C=O) groups excluding carboxylic acids is 2. The summed E-state index contributed by atoms with van der Waals surface area (Å²) in [4.78, 5) is 31.7. The quantitative estimate of drug-likeness (QED) is 0.565. The van der Waals surface area contributed by atoms with Gasteiger partial charge in [0.15, 0.2) is 0 Å². The van der Waals surface area contributed by atoms with Crippen LogP contribution in [0.5, 0.6) is 0 Å². The van der Waals surface area contributed by atoms with Crippen molar-refractivity contribution in [2.24, 2.45) is 9.98 Å². The lowest BCUT2D eigenvalue weighted by molar-refractivity contribution is -0.122. The summed E-state index contributed by atoms with van der Waals surface area (Å²) in [5.41, 5.74) is 1.46. The molecule has 0 fully saturated rings. The Kier molecular flexibility index (Phi) is 7.84. The average Bonchev–Trinajstić information content (AvgIpc) is 2.57. The number of nitrogens with zero attached hydrogens (tertiary/aromatic N) is 2. The molecule has 1 atom stereocenters. The van der Waals surface area contributed by atoms with Crippen LogP contribution in [0.1, 0.15) is 6.92 Å². The summed E-state index contributed by atoms with van der Waals surface area (Å²) in [6.45, 7) is 2.13. The minimum atomic E-state index is -1.01. The smallest absolute Gasteiger partial charge is 0.321 e. The van der Waals surface area contributed by atoms with Crippen molar-refractivity contribution in [2.75, 3.05) is 31.3 Å². The van der Waals surface area contributed by atoms with E-state index in [1.54, 1.807) is 38.4 Å². The van der Waals surface area contributed by atoms with E-state index >= 15 is 0 Å². The fraction of sp³-hybridized carbons (Fsp3) is 0.333. The molecule has 0 spiro atoms. The van der Waals surface area contributed by atoms with Gasteiger partial charge in [0.2, 0.25) is 6.17 Å². The number of amides is 3. The van der Waals surface area contributed by atoms with Crippen molar-refractivity contribution in [3.8, 4) is 0 Å². The summed E-state index contributed by atoms with van der Waals surface area (Å²) in [5.74, 6) is -0.416. The van der Waals surface area contributed by atoms with Crippen LogP contribution in [0.3, 0.4) is 0 Å². The highest BCUT2D eigenvalue weighted by Crippen LogP contribution is 2.14. The molecule has 0 aliphatic carbocycles. The van der Waals surface area contributed by atoms with Crippen LogP contribution in [0.25, 0.3) is 0 Å². The van der Waals surface area contributed by atoms with Gasteiger partial charge in [0.1, 0.15) is 0 Å². The Labute approximate surface area is 135 Å². The number of urea groups is 1. The molecule has 0 aliphatic heterocycles. The summed E-state index contributed by atoms with van der Waals surface area (Å²) >= 11 is 0. The minimum absolute atomic E-state index is 0.345. The Morgan fingerprint density at radius 1 is 1.26 bits per heavy atom. The van der Waals surface area contributed by atoms with Crippen molar-refractivity contribution in [2.45, 2.75) is 13.1 Å². The summed E-state index contributed by atoms with van der Waals surface area (Å²) in [7, 11) is 3.26. The molecule has 0 saturated carbocycles. The van der Waals surface area contributed by atoms with E-state index in [0.717, 1.165) is 5.69 Å². The second kappa shape index (κ2) is 9.93. The van der Waals surface area contributed by atoms with Crippen LogP contribution in [0, 0.1) is 0 Å². The molecular formula is C15H22N6O2. The molecule has 1 rings (SSSR count). The van der Waals surface area contributed by atoms with E-state index in [9.17, 15) is 9.59 Å². The van der Waals surface area contributed by atoms with Gasteiger partial charge in [-0.1, -0.05) is 6.07 Å². The third kappa shape index (κ3) is 6.60. The van der Waals surface area contributed by atoms with Crippen molar-refractivity contribution < 1.29 is 9.59 Å². The topological polar surface area (TPSA) is 107 Å². The number of rotatable bonds is 7. The Morgan fingerprint density at radius 3 is 2.65 bits per heavy atom. The number of nitrogens with one attached hydrogen (secondary N) is 4. The average molecular weight is 318 g/mol. The second-order valence-corrected chi connectivity index (χ2v) is 4.40. The highest BCUT2D eigenvalue weighted by atomic mass is 16.2. The van der Waals surface area contributed by atoms with E-state index in [4.69, 9.17) is 0 Å². The summed E-state index contributed by atoms with van der Waals surface area (Å²) in [6, 6.07) is 6.67. The van der Waals surface area contributed by atoms with Gasteiger partial charge in [-0.2, -0.15) is 0 Å². The summed E-state index contributed by atoms with van der Waals surface area (Å²) < 4.78 is 0. The van der Waals surface area contributed by atoms with Crippen LogP contribution in [0.4, 0.5) is 16.2 Å². The van der Waals surface area contributed by atoms with Gasteiger partial charge in [0.05, 0.1) is 6.54 Å². The maximum absolute atomic E-state index is 12.0. The van der Waals surface area contributed by atoms with Crippen molar-refractivity contribution in [3.63, 3.8) is 0 Å². The number of benzene rings is 1. The van der Waals surface area contributed by atoms with E-state index in [1.807, 2.05) is 6.07 Å². The highest BCUT2D eigenvalue weighted by molar-refractivity contribution is 5.94. The van der Waals surface area contributed by atoms with Crippen LogP contribution < -0.4 is 21.3 Å². The predicted octanol–water partition coefficient (Wildman–Crippen LogP) is 1.08. The van der Waals surface area contributed by atoms with Gasteiger partial charge in [-0.15, -0.1) is 0 Å². The zero-order valence-corrected chi connectivity index (χ0v) is 13.5. The summed E-state index contributed by atoms with van der Waals surface area (Å²) in [6.07, 6.45) is 2.09. The number of anilines is 2. The first-order chi connectivity index (χ1) is 11.1. The fourth-order valence-corrected chi connectivity index (χ4v) is 1.66. The van der Waals surface area contributed by atoms with E-state index in [-0.39, 0.29) is 0 Å². The SMILES string of the molecule is CC=NC/C=N/[C@@H](NC(=O)Nc1cccc(NC)c1)C(=O)NC. The van der Waals surface area contributed by atoms with Crippen LogP contribution in [-0.4, -0.2) is 51.2 Å². The van der Waals surface area contributed by atoms with Crippen LogP contribution in [0.15, 0.2) is 34.3 Å². The number of likely N-dealkylation sites (N-methyl/N-ethyl adjacent to an activating group) is 1. The van der Waals surface area contributed by atoms with Crippen molar-refractivity contribution in [3.05, 3.63) is 24.3 Å².